The standard InChI is InChI=1S/C9H7ClF5NO2/c1-17-5-2-6(18-9(13,14)15)7(8(11)12)16-4(5)3-10/h2,8H,3H2,1H3. The van der Waals surface area contributed by atoms with Gasteiger partial charge in [-0.3, -0.25) is 0 Å². The number of ether oxygens (including phenoxy) is 2. The number of hydrogen-bond donors (Lipinski definition) is 0. The fraction of sp³-hybridized carbons (Fsp3) is 0.444. The monoisotopic (exact) mass is 291 g/mol. The average molecular weight is 292 g/mol. The molecule has 0 atom stereocenters. The van der Waals surface area contributed by atoms with Crippen LogP contribution in [0.2, 0.25) is 0 Å². The van der Waals surface area contributed by atoms with Gasteiger partial charge in [0.1, 0.15) is 11.4 Å². The molecule has 0 aliphatic carbocycles. The Hall–Kier alpha value is -1.31. The zero-order valence-corrected chi connectivity index (χ0v) is 9.65. The predicted molar refractivity (Wildman–Crippen MR) is 52.0 cm³/mol. The van der Waals surface area contributed by atoms with Gasteiger partial charge in [0.05, 0.1) is 18.7 Å². The summed E-state index contributed by atoms with van der Waals surface area (Å²) in [6, 6.07) is 0.680. The predicted octanol–water partition coefficient (Wildman–Crippen LogP) is 3.67. The van der Waals surface area contributed by atoms with E-state index in [0.717, 1.165) is 7.11 Å². The summed E-state index contributed by atoms with van der Waals surface area (Å²) in [7, 11) is 1.15. The number of rotatable bonds is 4. The van der Waals surface area contributed by atoms with Gasteiger partial charge in [0.15, 0.2) is 5.75 Å². The molecule has 0 amide bonds. The van der Waals surface area contributed by atoms with Crippen molar-refractivity contribution in [2.45, 2.75) is 18.7 Å². The molecule has 0 N–H and O–H groups in total. The van der Waals surface area contributed by atoms with Gasteiger partial charge in [0.25, 0.3) is 6.43 Å². The fourth-order valence-corrected chi connectivity index (χ4v) is 1.36. The van der Waals surface area contributed by atoms with Crippen LogP contribution in [0.5, 0.6) is 11.5 Å². The van der Waals surface area contributed by atoms with E-state index in [-0.39, 0.29) is 17.3 Å². The minimum Gasteiger partial charge on any atom is -0.495 e. The molecule has 1 heterocycles. The van der Waals surface area contributed by atoms with Crippen LogP contribution in [0.1, 0.15) is 17.8 Å². The SMILES string of the molecule is COc1cc(OC(F)(F)F)c(C(F)F)nc1CCl. The van der Waals surface area contributed by atoms with Gasteiger partial charge in [-0.15, -0.1) is 24.8 Å². The van der Waals surface area contributed by atoms with Crippen molar-refractivity contribution in [1.29, 1.82) is 0 Å². The molecular weight excluding hydrogens is 285 g/mol. The molecule has 18 heavy (non-hydrogen) atoms. The quantitative estimate of drug-likeness (QED) is 0.626. The first-order chi connectivity index (χ1) is 8.28. The Morgan fingerprint density at radius 3 is 2.33 bits per heavy atom. The maximum atomic E-state index is 12.6. The molecule has 1 aromatic heterocycles. The molecule has 0 radical (unpaired) electrons. The highest BCUT2D eigenvalue weighted by atomic mass is 35.5. The Kier molecular flexibility index (Phi) is 4.55. The fourth-order valence-electron chi connectivity index (χ4n) is 1.17. The number of hydrogen-bond acceptors (Lipinski definition) is 3. The molecule has 0 unspecified atom stereocenters. The van der Waals surface area contributed by atoms with Gasteiger partial charge in [-0.05, 0) is 0 Å². The van der Waals surface area contributed by atoms with Crippen molar-refractivity contribution >= 4 is 11.6 Å². The van der Waals surface area contributed by atoms with Crippen molar-refractivity contribution in [2.24, 2.45) is 0 Å². The minimum absolute atomic E-state index is 0.0935. The van der Waals surface area contributed by atoms with E-state index in [1.165, 1.54) is 0 Å². The molecule has 0 saturated carbocycles. The van der Waals surface area contributed by atoms with Crippen LogP contribution in [0.4, 0.5) is 22.0 Å². The Morgan fingerprint density at radius 2 is 1.94 bits per heavy atom. The molecule has 0 saturated heterocycles. The third-order valence-electron chi connectivity index (χ3n) is 1.83. The summed E-state index contributed by atoms with van der Waals surface area (Å²) in [4.78, 5) is 3.31. The van der Waals surface area contributed by atoms with Crippen molar-refractivity contribution in [3.8, 4) is 11.5 Å². The number of nitrogens with zero attached hydrogens (tertiary/aromatic N) is 1. The van der Waals surface area contributed by atoms with Crippen LogP contribution in [0.3, 0.4) is 0 Å². The number of alkyl halides is 6. The molecule has 3 nitrogen and oxygen atoms in total. The Labute approximate surface area is 103 Å². The summed E-state index contributed by atoms with van der Waals surface area (Å²) in [5.74, 6) is -1.55. The molecule has 1 rings (SSSR count). The number of methoxy groups -OCH3 is 1. The van der Waals surface area contributed by atoms with E-state index in [1.54, 1.807) is 0 Å². The number of pyridine rings is 1. The molecule has 0 fully saturated rings. The highest BCUT2D eigenvalue weighted by Crippen LogP contribution is 2.35. The van der Waals surface area contributed by atoms with E-state index >= 15 is 0 Å². The molecule has 0 aromatic carbocycles. The summed E-state index contributed by atoms with van der Waals surface area (Å²) in [5, 5.41) is 0. The first kappa shape index (κ1) is 14.7. The molecule has 1 aromatic rings. The van der Waals surface area contributed by atoms with Crippen molar-refractivity contribution in [2.75, 3.05) is 7.11 Å². The van der Waals surface area contributed by atoms with Gasteiger partial charge in [-0.1, -0.05) is 0 Å². The van der Waals surface area contributed by atoms with Crippen molar-refractivity contribution in [3.63, 3.8) is 0 Å². The summed E-state index contributed by atoms with van der Waals surface area (Å²) < 4.78 is 69.4. The smallest absolute Gasteiger partial charge is 0.495 e. The van der Waals surface area contributed by atoms with Crippen LogP contribution in [0, 0.1) is 0 Å². The summed E-state index contributed by atoms with van der Waals surface area (Å²) in [6.45, 7) is 0. The second-order valence-corrected chi connectivity index (χ2v) is 3.27. The number of aromatic nitrogens is 1. The van der Waals surface area contributed by atoms with Crippen LogP contribution in [-0.2, 0) is 5.88 Å². The maximum absolute atomic E-state index is 12.6. The van der Waals surface area contributed by atoms with Gasteiger partial charge in [0.2, 0.25) is 0 Å². The normalized spacial score (nSPS) is 11.8. The van der Waals surface area contributed by atoms with Crippen LogP contribution < -0.4 is 9.47 Å². The van der Waals surface area contributed by atoms with Crippen LogP contribution in [-0.4, -0.2) is 18.5 Å². The van der Waals surface area contributed by atoms with Crippen molar-refractivity contribution < 1.29 is 31.4 Å². The van der Waals surface area contributed by atoms with Gasteiger partial charge in [-0.25, -0.2) is 13.8 Å². The maximum Gasteiger partial charge on any atom is 0.573 e. The third kappa shape index (κ3) is 3.59. The summed E-state index contributed by atoms with van der Waals surface area (Å²) in [6.07, 6.45) is -8.33. The van der Waals surface area contributed by atoms with Gasteiger partial charge < -0.3 is 9.47 Å². The Morgan fingerprint density at radius 1 is 1.33 bits per heavy atom. The van der Waals surface area contributed by atoms with Gasteiger partial charge in [-0.2, -0.15) is 0 Å². The number of halogens is 6. The van der Waals surface area contributed by atoms with Crippen LogP contribution in [0.25, 0.3) is 0 Å². The van der Waals surface area contributed by atoms with Crippen molar-refractivity contribution in [1.82, 2.24) is 4.98 Å². The lowest BCUT2D eigenvalue weighted by atomic mass is 10.2. The van der Waals surface area contributed by atoms with Crippen LogP contribution >= 0.6 is 11.6 Å². The van der Waals surface area contributed by atoms with E-state index in [4.69, 9.17) is 11.6 Å². The van der Waals surface area contributed by atoms with E-state index in [0.29, 0.717) is 6.07 Å². The first-order valence-electron chi connectivity index (χ1n) is 4.46. The highest BCUT2D eigenvalue weighted by Gasteiger charge is 2.34. The lowest BCUT2D eigenvalue weighted by Gasteiger charge is -2.15. The molecular formula is C9H7ClF5NO2. The lowest BCUT2D eigenvalue weighted by molar-refractivity contribution is -0.275. The van der Waals surface area contributed by atoms with Gasteiger partial charge in [0, 0.05) is 6.07 Å². The Balaban J connectivity index is 3.29. The van der Waals surface area contributed by atoms with Gasteiger partial charge >= 0.3 is 6.36 Å². The second kappa shape index (κ2) is 5.55. The molecule has 0 aliphatic rings. The minimum atomic E-state index is -5.10. The average Bonchev–Trinajstić information content (AvgIpc) is 2.25. The Bertz CT molecular complexity index is 424. The topological polar surface area (TPSA) is 31.4 Å². The second-order valence-electron chi connectivity index (χ2n) is 3.00. The van der Waals surface area contributed by atoms with E-state index in [2.05, 4.69) is 14.5 Å². The summed E-state index contributed by atoms with van der Waals surface area (Å²) >= 11 is 5.42. The largest absolute Gasteiger partial charge is 0.573 e. The summed E-state index contributed by atoms with van der Waals surface area (Å²) in [5.41, 5.74) is -1.23. The molecule has 0 spiro atoms. The molecule has 0 bridgehead atoms. The molecule has 102 valence electrons. The van der Waals surface area contributed by atoms with Crippen molar-refractivity contribution in [3.05, 3.63) is 17.5 Å². The van der Waals surface area contributed by atoms with Crippen LogP contribution in [0.15, 0.2) is 6.07 Å². The van der Waals surface area contributed by atoms with E-state index in [9.17, 15) is 22.0 Å². The zero-order chi connectivity index (χ0) is 13.9. The zero-order valence-electron chi connectivity index (χ0n) is 8.89. The van der Waals surface area contributed by atoms with E-state index in [1.807, 2.05) is 0 Å². The molecule has 0 aliphatic heterocycles. The van der Waals surface area contributed by atoms with E-state index < -0.39 is 24.2 Å². The first-order valence-corrected chi connectivity index (χ1v) is 4.99. The highest BCUT2D eigenvalue weighted by molar-refractivity contribution is 6.17. The lowest BCUT2D eigenvalue weighted by Crippen LogP contribution is -2.19. The third-order valence-corrected chi connectivity index (χ3v) is 2.09. The molecule has 9 heteroatoms.